The van der Waals surface area contributed by atoms with Gasteiger partial charge in [-0.15, -0.1) is 0 Å². The number of carbonyl (C=O) groups is 3. The zero-order chi connectivity index (χ0) is 23.3. The van der Waals surface area contributed by atoms with Crippen molar-refractivity contribution < 1.29 is 29.0 Å². The van der Waals surface area contributed by atoms with Gasteiger partial charge in [0.25, 0.3) is 0 Å². The molecule has 174 valence electrons. The number of alkyl carbamates (subject to hydrolysis) is 1. The standard InChI is InChI=1S/C25H28N2O6/c28-22(26-12-13-32-16-23(29)30)14-25(10-5-11-25)27-24(31)33-15-21-19-8-3-1-6-17(19)18-7-2-4-9-20(18)21/h1-4,6-9,21H,5,10-16H2,(H,26,28)(H,27,31)(H,29,30). The van der Waals surface area contributed by atoms with E-state index in [1.165, 1.54) is 11.1 Å². The molecule has 0 bridgehead atoms. The molecule has 1 saturated carbocycles. The molecule has 0 spiro atoms. The number of hydrogen-bond donors (Lipinski definition) is 3. The van der Waals surface area contributed by atoms with Crippen molar-refractivity contribution in [3.8, 4) is 11.1 Å². The second kappa shape index (κ2) is 10.0. The van der Waals surface area contributed by atoms with E-state index in [-0.39, 0.29) is 38.0 Å². The summed E-state index contributed by atoms with van der Waals surface area (Å²) >= 11 is 0. The van der Waals surface area contributed by atoms with Gasteiger partial charge >= 0.3 is 12.1 Å². The molecule has 33 heavy (non-hydrogen) atoms. The van der Waals surface area contributed by atoms with Crippen LogP contribution in [0.25, 0.3) is 11.1 Å². The maximum Gasteiger partial charge on any atom is 0.407 e. The molecule has 8 nitrogen and oxygen atoms in total. The normalized spacial score (nSPS) is 15.6. The van der Waals surface area contributed by atoms with E-state index >= 15 is 0 Å². The molecule has 2 aliphatic carbocycles. The van der Waals surface area contributed by atoms with Gasteiger partial charge in [0.05, 0.1) is 12.1 Å². The highest BCUT2D eigenvalue weighted by Gasteiger charge is 2.41. The highest BCUT2D eigenvalue weighted by atomic mass is 16.5. The van der Waals surface area contributed by atoms with Crippen molar-refractivity contribution >= 4 is 18.0 Å². The molecular formula is C25H28N2O6. The smallest absolute Gasteiger partial charge is 0.407 e. The number of rotatable bonds is 10. The third-order valence-electron chi connectivity index (χ3n) is 6.31. The quantitative estimate of drug-likeness (QED) is 0.478. The van der Waals surface area contributed by atoms with E-state index in [1.54, 1.807) is 0 Å². The number of amides is 2. The van der Waals surface area contributed by atoms with Crippen LogP contribution in [0.3, 0.4) is 0 Å². The van der Waals surface area contributed by atoms with Gasteiger partial charge in [0.15, 0.2) is 0 Å². The molecular weight excluding hydrogens is 424 g/mol. The van der Waals surface area contributed by atoms with Crippen LogP contribution in [0.2, 0.25) is 0 Å². The Morgan fingerprint density at radius 1 is 1.00 bits per heavy atom. The van der Waals surface area contributed by atoms with E-state index in [0.717, 1.165) is 17.5 Å². The number of fused-ring (bicyclic) bond motifs is 3. The average molecular weight is 453 g/mol. The molecule has 0 aliphatic heterocycles. The van der Waals surface area contributed by atoms with Crippen molar-refractivity contribution in [2.45, 2.75) is 37.1 Å². The minimum absolute atomic E-state index is 0.0189. The number of carboxylic acid groups (broad SMARTS) is 1. The van der Waals surface area contributed by atoms with E-state index in [2.05, 4.69) is 34.9 Å². The summed E-state index contributed by atoms with van der Waals surface area (Å²) in [4.78, 5) is 35.4. The van der Waals surface area contributed by atoms with E-state index in [0.29, 0.717) is 12.8 Å². The highest BCUT2D eigenvalue weighted by molar-refractivity contribution is 5.80. The first-order valence-electron chi connectivity index (χ1n) is 11.2. The van der Waals surface area contributed by atoms with Gasteiger partial charge in [0, 0.05) is 18.9 Å². The number of nitrogens with one attached hydrogen (secondary N) is 2. The van der Waals surface area contributed by atoms with Crippen molar-refractivity contribution in [1.82, 2.24) is 10.6 Å². The molecule has 0 unspecified atom stereocenters. The van der Waals surface area contributed by atoms with Gasteiger partial charge < -0.3 is 25.2 Å². The summed E-state index contributed by atoms with van der Waals surface area (Å²) in [6.07, 6.45) is 1.98. The van der Waals surface area contributed by atoms with Crippen LogP contribution in [0, 0.1) is 0 Å². The summed E-state index contributed by atoms with van der Waals surface area (Å²) in [7, 11) is 0. The molecule has 3 N–H and O–H groups in total. The van der Waals surface area contributed by atoms with Crippen molar-refractivity contribution in [2.24, 2.45) is 0 Å². The Balaban J connectivity index is 1.28. The van der Waals surface area contributed by atoms with Crippen LogP contribution in [0.4, 0.5) is 4.79 Å². The summed E-state index contributed by atoms with van der Waals surface area (Å²) < 4.78 is 10.5. The number of carbonyl (C=O) groups excluding carboxylic acids is 2. The lowest BCUT2D eigenvalue weighted by Gasteiger charge is -2.41. The van der Waals surface area contributed by atoms with Crippen molar-refractivity contribution in [3.05, 3.63) is 59.7 Å². The topological polar surface area (TPSA) is 114 Å². The minimum atomic E-state index is -1.05. The lowest BCUT2D eigenvalue weighted by molar-refractivity contribution is -0.142. The van der Waals surface area contributed by atoms with Gasteiger partial charge in [-0.1, -0.05) is 48.5 Å². The van der Waals surface area contributed by atoms with Gasteiger partial charge in [-0.25, -0.2) is 9.59 Å². The van der Waals surface area contributed by atoms with Gasteiger partial charge in [-0.05, 0) is 41.5 Å². The van der Waals surface area contributed by atoms with Crippen LogP contribution in [0.1, 0.15) is 42.7 Å². The Bertz CT molecular complexity index is 988. The second-order valence-corrected chi connectivity index (χ2v) is 8.56. The molecule has 0 heterocycles. The monoisotopic (exact) mass is 452 g/mol. The third kappa shape index (κ3) is 5.34. The fourth-order valence-corrected chi connectivity index (χ4v) is 4.59. The summed E-state index contributed by atoms with van der Waals surface area (Å²) in [6.45, 7) is 0.157. The van der Waals surface area contributed by atoms with Gasteiger partial charge in [-0.2, -0.15) is 0 Å². The second-order valence-electron chi connectivity index (χ2n) is 8.56. The maximum absolute atomic E-state index is 12.6. The van der Waals surface area contributed by atoms with Gasteiger partial charge in [0.2, 0.25) is 5.91 Å². The molecule has 0 saturated heterocycles. The van der Waals surface area contributed by atoms with Gasteiger partial charge in [-0.3, -0.25) is 4.79 Å². The molecule has 0 aromatic heterocycles. The Morgan fingerprint density at radius 2 is 1.64 bits per heavy atom. The number of hydrogen-bond acceptors (Lipinski definition) is 5. The first-order chi connectivity index (χ1) is 16.0. The molecule has 0 radical (unpaired) electrons. The first-order valence-corrected chi connectivity index (χ1v) is 11.2. The summed E-state index contributed by atoms with van der Waals surface area (Å²) in [5.74, 6) is -1.29. The van der Waals surface area contributed by atoms with Crippen LogP contribution >= 0.6 is 0 Å². The number of ether oxygens (including phenoxy) is 2. The Morgan fingerprint density at radius 3 is 2.21 bits per heavy atom. The van der Waals surface area contributed by atoms with Crippen molar-refractivity contribution in [3.63, 3.8) is 0 Å². The van der Waals surface area contributed by atoms with Crippen LogP contribution in [0.5, 0.6) is 0 Å². The molecule has 2 aromatic rings. The van der Waals surface area contributed by atoms with E-state index in [1.807, 2.05) is 24.3 Å². The zero-order valence-electron chi connectivity index (χ0n) is 18.3. The molecule has 4 rings (SSSR count). The van der Waals surface area contributed by atoms with E-state index in [9.17, 15) is 14.4 Å². The zero-order valence-corrected chi connectivity index (χ0v) is 18.3. The van der Waals surface area contributed by atoms with Crippen LogP contribution in [-0.4, -0.2) is 55.0 Å². The molecule has 1 fully saturated rings. The number of carboxylic acids is 1. The minimum Gasteiger partial charge on any atom is -0.480 e. The molecule has 2 aromatic carbocycles. The predicted octanol–water partition coefficient (Wildman–Crippen LogP) is 3.06. The first kappa shape index (κ1) is 22.8. The predicted molar refractivity (Wildman–Crippen MR) is 121 cm³/mol. The molecule has 2 amide bonds. The van der Waals surface area contributed by atoms with Crippen LogP contribution < -0.4 is 10.6 Å². The average Bonchev–Trinajstić information content (AvgIpc) is 3.09. The van der Waals surface area contributed by atoms with Crippen LogP contribution in [0.15, 0.2) is 48.5 Å². The SMILES string of the molecule is O=C(O)COCCNC(=O)CC1(NC(=O)OCC2c3ccccc3-c3ccccc32)CCC1. The lowest BCUT2D eigenvalue weighted by Crippen LogP contribution is -2.56. The summed E-state index contributed by atoms with van der Waals surface area (Å²) in [5.41, 5.74) is 4.03. The van der Waals surface area contributed by atoms with Crippen molar-refractivity contribution in [1.29, 1.82) is 0 Å². The van der Waals surface area contributed by atoms with E-state index < -0.39 is 24.2 Å². The van der Waals surface area contributed by atoms with E-state index in [4.69, 9.17) is 14.6 Å². The lowest BCUT2D eigenvalue weighted by atomic mass is 9.74. The molecule has 0 atom stereocenters. The third-order valence-corrected chi connectivity index (χ3v) is 6.31. The molecule has 2 aliphatic rings. The fraction of sp³-hybridized carbons (Fsp3) is 0.400. The van der Waals surface area contributed by atoms with Crippen LogP contribution in [-0.2, 0) is 19.1 Å². The summed E-state index contributed by atoms with van der Waals surface area (Å²) in [5, 5.41) is 14.2. The Hall–Kier alpha value is -3.39. The maximum atomic E-state index is 12.6. The largest absolute Gasteiger partial charge is 0.480 e. The molecule has 8 heteroatoms. The highest BCUT2D eigenvalue weighted by Crippen LogP contribution is 2.44. The van der Waals surface area contributed by atoms with Gasteiger partial charge in [0.1, 0.15) is 13.2 Å². The Kier molecular flexibility index (Phi) is 6.93. The van der Waals surface area contributed by atoms with Crippen molar-refractivity contribution in [2.75, 3.05) is 26.4 Å². The fourth-order valence-electron chi connectivity index (χ4n) is 4.59. The number of benzene rings is 2. The number of aliphatic carboxylic acids is 1. The Labute approximate surface area is 192 Å². The summed E-state index contributed by atoms with van der Waals surface area (Å²) in [6, 6.07) is 16.3.